The zero-order valence-electron chi connectivity index (χ0n) is 25.3. The van der Waals surface area contributed by atoms with Crippen LogP contribution in [0.2, 0.25) is 0 Å². The standard InChI is InChI=1S/C32H46N6O2/c1-8-38(19-24-9-11-25(12-10-24)37(6)7)29-16-26(28-18-33-13-14-34-28)22(4)30(23(29)5)32(40)35-17-27-20(2)15-21(3)36-31(27)39/h13-16,18,22,24-25,30H,8-12,17,19H2,1-7H3,(H,35,40)(H,36,39). The molecule has 2 aromatic rings. The molecule has 2 unspecified atom stereocenters. The fraction of sp³-hybridized carbons (Fsp3) is 0.562. The molecule has 1 saturated carbocycles. The molecule has 2 atom stereocenters. The summed E-state index contributed by atoms with van der Waals surface area (Å²) in [4.78, 5) is 43.0. The summed E-state index contributed by atoms with van der Waals surface area (Å²) in [7, 11) is 4.36. The maximum absolute atomic E-state index is 13.9. The van der Waals surface area contributed by atoms with Crippen LogP contribution in [0.5, 0.6) is 0 Å². The molecule has 40 heavy (non-hydrogen) atoms. The van der Waals surface area contributed by atoms with Crippen molar-refractivity contribution in [2.45, 2.75) is 72.9 Å². The molecule has 0 aromatic carbocycles. The van der Waals surface area contributed by atoms with Crippen molar-refractivity contribution in [1.82, 2.24) is 30.1 Å². The van der Waals surface area contributed by atoms with Crippen molar-refractivity contribution in [3.63, 3.8) is 0 Å². The number of allylic oxidation sites excluding steroid dienone is 2. The van der Waals surface area contributed by atoms with Gasteiger partial charge in [0.1, 0.15) is 0 Å². The number of hydrogen-bond donors (Lipinski definition) is 2. The molecule has 1 amide bonds. The van der Waals surface area contributed by atoms with Crippen LogP contribution in [0, 0.1) is 31.6 Å². The van der Waals surface area contributed by atoms with E-state index < -0.39 is 0 Å². The lowest BCUT2D eigenvalue weighted by Crippen LogP contribution is -2.41. The second kappa shape index (κ2) is 12.9. The Balaban J connectivity index is 1.62. The third kappa shape index (κ3) is 6.54. The molecule has 2 aliphatic rings. The van der Waals surface area contributed by atoms with Gasteiger partial charge in [0.15, 0.2) is 0 Å². The van der Waals surface area contributed by atoms with E-state index in [9.17, 15) is 9.59 Å². The van der Waals surface area contributed by atoms with Gasteiger partial charge in [-0.15, -0.1) is 0 Å². The Hall–Kier alpha value is -3.26. The monoisotopic (exact) mass is 546 g/mol. The van der Waals surface area contributed by atoms with Crippen LogP contribution in [0.1, 0.15) is 69.0 Å². The highest BCUT2D eigenvalue weighted by molar-refractivity contribution is 5.87. The van der Waals surface area contributed by atoms with Gasteiger partial charge in [-0.25, -0.2) is 0 Å². The van der Waals surface area contributed by atoms with Crippen LogP contribution in [-0.2, 0) is 11.3 Å². The highest BCUT2D eigenvalue weighted by atomic mass is 16.2. The summed E-state index contributed by atoms with van der Waals surface area (Å²) in [6, 6.07) is 2.61. The number of H-pyrrole nitrogens is 1. The van der Waals surface area contributed by atoms with E-state index >= 15 is 0 Å². The second-order valence-electron chi connectivity index (χ2n) is 11.9. The van der Waals surface area contributed by atoms with Gasteiger partial charge >= 0.3 is 0 Å². The molecule has 8 heteroatoms. The van der Waals surface area contributed by atoms with Gasteiger partial charge in [-0.05, 0) is 108 Å². The maximum atomic E-state index is 13.9. The average molecular weight is 547 g/mol. The third-order valence-electron chi connectivity index (χ3n) is 8.98. The summed E-state index contributed by atoms with van der Waals surface area (Å²) in [5.41, 5.74) is 6.14. The van der Waals surface area contributed by atoms with Crippen molar-refractivity contribution in [2.75, 3.05) is 27.2 Å². The quantitative estimate of drug-likeness (QED) is 0.482. The van der Waals surface area contributed by atoms with Crippen molar-refractivity contribution in [3.8, 4) is 0 Å². The first-order chi connectivity index (χ1) is 19.1. The Morgan fingerprint density at radius 2 is 1.85 bits per heavy atom. The number of nitrogens with zero attached hydrogens (tertiary/aromatic N) is 4. The van der Waals surface area contributed by atoms with Gasteiger partial charge in [-0.1, -0.05) is 6.92 Å². The highest BCUT2D eigenvalue weighted by Gasteiger charge is 2.36. The SMILES string of the molecule is CCN(CC1CCC(N(C)C)CC1)C1=C(C)C(C(=O)NCc2c(C)cc(C)[nH]c2=O)C(C)C(c2cnccn2)=C1. The van der Waals surface area contributed by atoms with E-state index in [-0.39, 0.29) is 29.8 Å². The lowest BCUT2D eigenvalue weighted by Gasteiger charge is -2.39. The Labute approximate surface area is 239 Å². The van der Waals surface area contributed by atoms with Crippen molar-refractivity contribution < 1.29 is 4.79 Å². The predicted molar refractivity (Wildman–Crippen MR) is 160 cm³/mol. The number of amides is 1. The van der Waals surface area contributed by atoms with Crippen LogP contribution in [0.25, 0.3) is 5.57 Å². The number of carbonyl (C=O) groups excluding carboxylic acids is 1. The molecule has 8 nitrogen and oxygen atoms in total. The smallest absolute Gasteiger partial charge is 0.253 e. The fourth-order valence-corrected chi connectivity index (χ4v) is 6.57. The minimum Gasteiger partial charge on any atom is -0.372 e. The fourth-order valence-electron chi connectivity index (χ4n) is 6.57. The predicted octanol–water partition coefficient (Wildman–Crippen LogP) is 4.46. The number of pyridine rings is 1. The lowest BCUT2D eigenvalue weighted by molar-refractivity contribution is -0.124. The molecule has 2 aliphatic carbocycles. The Morgan fingerprint density at radius 1 is 1.12 bits per heavy atom. The van der Waals surface area contributed by atoms with Gasteiger partial charge in [0, 0.05) is 55.0 Å². The van der Waals surface area contributed by atoms with Crippen LogP contribution in [0.3, 0.4) is 0 Å². The number of aromatic nitrogens is 3. The van der Waals surface area contributed by atoms with Crippen molar-refractivity contribution in [1.29, 1.82) is 0 Å². The molecular formula is C32H46N6O2. The number of carbonyl (C=O) groups is 1. The third-order valence-corrected chi connectivity index (χ3v) is 8.98. The first kappa shape index (κ1) is 29.7. The molecule has 0 aliphatic heterocycles. The van der Waals surface area contributed by atoms with Gasteiger partial charge in [-0.2, -0.15) is 0 Å². The van der Waals surface area contributed by atoms with E-state index in [0.29, 0.717) is 17.5 Å². The van der Waals surface area contributed by atoms with Crippen LogP contribution < -0.4 is 10.9 Å². The van der Waals surface area contributed by atoms with Gasteiger partial charge < -0.3 is 20.1 Å². The summed E-state index contributed by atoms with van der Waals surface area (Å²) >= 11 is 0. The van der Waals surface area contributed by atoms with Gasteiger partial charge in [0.2, 0.25) is 5.91 Å². The van der Waals surface area contributed by atoms with Gasteiger partial charge in [0.25, 0.3) is 5.56 Å². The van der Waals surface area contributed by atoms with Gasteiger partial charge in [-0.3, -0.25) is 19.6 Å². The van der Waals surface area contributed by atoms with E-state index in [2.05, 4.69) is 71.0 Å². The summed E-state index contributed by atoms with van der Waals surface area (Å²) in [5.74, 6) is 0.0963. The zero-order chi connectivity index (χ0) is 29.0. The van der Waals surface area contributed by atoms with E-state index in [0.717, 1.165) is 46.9 Å². The van der Waals surface area contributed by atoms with Crippen molar-refractivity contribution in [2.24, 2.45) is 17.8 Å². The molecule has 2 aromatic heterocycles. The first-order valence-corrected chi connectivity index (χ1v) is 14.7. The number of hydrogen-bond acceptors (Lipinski definition) is 6. The molecule has 2 N–H and O–H groups in total. The highest BCUT2D eigenvalue weighted by Crippen LogP contribution is 2.40. The van der Waals surface area contributed by atoms with E-state index in [4.69, 9.17) is 0 Å². The largest absolute Gasteiger partial charge is 0.372 e. The second-order valence-corrected chi connectivity index (χ2v) is 11.9. The summed E-state index contributed by atoms with van der Waals surface area (Å²) in [6.07, 6.45) is 12.3. The summed E-state index contributed by atoms with van der Waals surface area (Å²) in [5, 5.41) is 3.10. The van der Waals surface area contributed by atoms with Crippen molar-refractivity contribution in [3.05, 3.63) is 74.9 Å². The van der Waals surface area contributed by atoms with Crippen molar-refractivity contribution >= 4 is 11.5 Å². The maximum Gasteiger partial charge on any atom is 0.253 e. The number of aromatic amines is 1. The molecular weight excluding hydrogens is 500 g/mol. The van der Waals surface area contributed by atoms with Crippen LogP contribution in [0.15, 0.2) is 46.8 Å². The van der Waals surface area contributed by atoms with E-state index in [1.807, 2.05) is 19.9 Å². The number of rotatable bonds is 9. The number of likely N-dealkylation sites (N-methyl/N-ethyl adjacent to an activating group) is 1. The molecule has 0 bridgehead atoms. The Kier molecular flexibility index (Phi) is 9.61. The first-order valence-electron chi connectivity index (χ1n) is 14.7. The molecule has 2 heterocycles. The van der Waals surface area contributed by atoms with Crippen LogP contribution >= 0.6 is 0 Å². The number of aryl methyl sites for hydroxylation is 2. The molecule has 0 radical (unpaired) electrons. The molecule has 0 saturated heterocycles. The summed E-state index contributed by atoms with van der Waals surface area (Å²) in [6.45, 7) is 12.2. The topological polar surface area (TPSA) is 94.2 Å². The van der Waals surface area contributed by atoms with E-state index in [1.165, 1.54) is 25.7 Å². The molecule has 216 valence electrons. The van der Waals surface area contributed by atoms with Crippen LogP contribution in [-0.4, -0.2) is 63.9 Å². The van der Waals surface area contributed by atoms with E-state index in [1.54, 1.807) is 18.6 Å². The average Bonchev–Trinajstić information content (AvgIpc) is 2.92. The van der Waals surface area contributed by atoms with Gasteiger partial charge in [0.05, 0.1) is 17.8 Å². The Morgan fingerprint density at radius 3 is 2.45 bits per heavy atom. The lowest BCUT2D eigenvalue weighted by atomic mass is 9.75. The summed E-state index contributed by atoms with van der Waals surface area (Å²) < 4.78 is 0. The minimum atomic E-state index is -0.375. The molecule has 0 spiro atoms. The molecule has 4 rings (SSSR count). The van der Waals surface area contributed by atoms with Crippen LogP contribution in [0.4, 0.5) is 0 Å². The number of nitrogens with one attached hydrogen (secondary N) is 2. The Bertz CT molecular complexity index is 1300. The minimum absolute atomic E-state index is 0.0705. The normalized spacial score (nSPS) is 23.2. The molecule has 1 fully saturated rings. The zero-order valence-corrected chi connectivity index (χ0v) is 25.3.